The zero-order chi connectivity index (χ0) is 17.5. The van der Waals surface area contributed by atoms with Crippen LogP contribution in [0.15, 0.2) is 48.5 Å². The van der Waals surface area contributed by atoms with Crippen LogP contribution >= 0.6 is 0 Å². The number of esters is 1. The average molecular weight is 324 g/mol. The predicted octanol–water partition coefficient (Wildman–Crippen LogP) is 5.80. The first kappa shape index (κ1) is 18.3. The maximum atomic E-state index is 12.1. The summed E-state index contributed by atoms with van der Waals surface area (Å²) in [7, 11) is 0. The van der Waals surface area contributed by atoms with E-state index in [1.807, 2.05) is 20.8 Å². The fourth-order valence-corrected chi connectivity index (χ4v) is 3.30. The number of carbonyl (C=O) groups is 1. The van der Waals surface area contributed by atoms with Crippen molar-refractivity contribution in [3.05, 3.63) is 59.7 Å². The molecule has 2 aromatic rings. The predicted molar refractivity (Wildman–Crippen MR) is 100 cm³/mol. The molecule has 1 aliphatic rings. The van der Waals surface area contributed by atoms with E-state index in [2.05, 4.69) is 55.5 Å². The van der Waals surface area contributed by atoms with Crippen LogP contribution in [0, 0.1) is 5.92 Å². The second-order valence-electron chi connectivity index (χ2n) is 6.05. The van der Waals surface area contributed by atoms with E-state index in [0.717, 1.165) is 12.8 Å². The van der Waals surface area contributed by atoms with Gasteiger partial charge in [-0.05, 0) is 28.7 Å². The van der Waals surface area contributed by atoms with Crippen LogP contribution in [0.1, 0.15) is 57.6 Å². The first-order valence-electron chi connectivity index (χ1n) is 9.07. The van der Waals surface area contributed by atoms with Gasteiger partial charge in [-0.15, -0.1) is 0 Å². The Morgan fingerprint density at radius 2 is 1.50 bits per heavy atom. The lowest BCUT2D eigenvalue weighted by Gasteiger charge is -2.16. The molecule has 128 valence electrons. The maximum absolute atomic E-state index is 12.1. The molecule has 0 aromatic heterocycles. The van der Waals surface area contributed by atoms with Crippen LogP contribution in [0.3, 0.4) is 0 Å². The number of rotatable bonds is 5. The van der Waals surface area contributed by atoms with Crippen LogP contribution in [0.25, 0.3) is 11.1 Å². The highest BCUT2D eigenvalue weighted by Crippen LogP contribution is 2.44. The third-order valence-corrected chi connectivity index (χ3v) is 4.48. The molecule has 0 N–H and O–H groups in total. The summed E-state index contributed by atoms with van der Waals surface area (Å²) in [6, 6.07) is 16.8. The normalized spacial score (nSPS) is 13.3. The fraction of sp³-hybridized carbons (Fsp3) is 0.409. The monoisotopic (exact) mass is 324 g/mol. The molecule has 2 heteroatoms. The molecule has 2 nitrogen and oxygen atoms in total. The van der Waals surface area contributed by atoms with Gasteiger partial charge in [0.2, 0.25) is 0 Å². The Morgan fingerprint density at radius 3 is 2.00 bits per heavy atom. The summed E-state index contributed by atoms with van der Waals surface area (Å²) in [5.74, 6) is 0.0609. The highest BCUT2D eigenvalue weighted by atomic mass is 16.5. The zero-order valence-electron chi connectivity index (χ0n) is 15.2. The third-order valence-electron chi connectivity index (χ3n) is 4.48. The molecule has 0 heterocycles. The summed E-state index contributed by atoms with van der Waals surface area (Å²) in [5, 5.41) is 0. The lowest BCUT2D eigenvalue weighted by Crippen LogP contribution is -2.18. The molecule has 1 unspecified atom stereocenters. The molecule has 0 radical (unpaired) electrons. The fourth-order valence-electron chi connectivity index (χ4n) is 3.30. The van der Waals surface area contributed by atoms with Gasteiger partial charge in [-0.1, -0.05) is 82.6 Å². The number of carbonyl (C=O) groups excluding carboxylic acids is 1. The van der Waals surface area contributed by atoms with Crippen molar-refractivity contribution >= 4 is 5.97 Å². The molecule has 1 aliphatic carbocycles. The topological polar surface area (TPSA) is 26.3 Å². The van der Waals surface area contributed by atoms with Crippen molar-refractivity contribution in [1.82, 2.24) is 0 Å². The molecule has 1 atom stereocenters. The van der Waals surface area contributed by atoms with Crippen molar-refractivity contribution in [1.29, 1.82) is 0 Å². The van der Waals surface area contributed by atoms with E-state index in [0.29, 0.717) is 6.61 Å². The molecular formula is C22H28O2. The Kier molecular flexibility index (Phi) is 6.60. The Hall–Kier alpha value is -2.09. The molecule has 0 amide bonds. The molecule has 3 rings (SSSR count). The molecule has 0 saturated heterocycles. The van der Waals surface area contributed by atoms with E-state index in [1.54, 1.807) is 0 Å². The van der Waals surface area contributed by atoms with Crippen molar-refractivity contribution < 1.29 is 9.53 Å². The van der Waals surface area contributed by atoms with Gasteiger partial charge in [0.1, 0.15) is 6.61 Å². The molecule has 0 spiro atoms. The van der Waals surface area contributed by atoms with Gasteiger partial charge in [0, 0.05) is 5.92 Å². The number of fused-ring (bicyclic) bond motifs is 3. The molecule has 0 bridgehead atoms. The second-order valence-corrected chi connectivity index (χ2v) is 6.05. The number of benzene rings is 2. The molecule has 0 fully saturated rings. The van der Waals surface area contributed by atoms with E-state index < -0.39 is 0 Å². The molecular weight excluding hydrogens is 296 g/mol. The Labute approximate surface area is 145 Å². The van der Waals surface area contributed by atoms with Crippen LogP contribution in [0.4, 0.5) is 0 Å². The summed E-state index contributed by atoms with van der Waals surface area (Å²) in [6.07, 6.45) is 1.89. The van der Waals surface area contributed by atoms with Crippen molar-refractivity contribution in [2.45, 2.75) is 46.5 Å². The first-order chi connectivity index (χ1) is 11.7. The SMILES string of the molecule is CC.CCCC(C)C(=O)OCC1c2ccccc2-c2ccccc21. The minimum atomic E-state index is -0.0799. The minimum Gasteiger partial charge on any atom is -0.464 e. The third kappa shape index (κ3) is 3.69. The standard InChI is InChI=1S/C20H22O2.C2H6/c1-3-8-14(2)20(21)22-13-19-17-11-6-4-9-15(17)16-10-5-7-12-18(16)19;1-2/h4-7,9-12,14,19H,3,8,13H2,1-2H3;1-2H3. The molecule has 24 heavy (non-hydrogen) atoms. The summed E-state index contributed by atoms with van der Waals surface area (Å²) in [4.78, 5) is 12.1. The van der Waals surface area contributed by atoms with Crippen molar-refractivity contribution in [2.75, 3.05) is 6.61 Å². The lowest BCUT2D eigenvalue weighted by atomic mass is 9.98. The van der Waals surface area contributed by atoms with Gasteiger partial charge < -0.3 is 4.74 Å². The summed E-state index contributed by atoms with van der Waals surface area (Å²) < 4.78 is 5.62. The van der Waals surface area contributed by atoms with Crippen LogP contribution in [0.2, 0.25) is 0 Å². The largest absolute Gasteiger partial charge is 0.464 e. The van der Waals surface area contributed by atoms with E-state index in [4.69, 9.17) is 4.74 Å². The molecule has 0 aliphatic heterocycles. The minimum absolute atomic E-state index is 0.0168. The van der Waals surface area contributed by atoms with E-state index in [-0.39, 0.29) is 17.8 Å². The number of hydrogen-bond donors (Lipinski definition) is 0. The summed E-state index contributed by atoms with van der Waals surface area (Å²) in [6.45, 7) is 8.47. The van der Waals surface area contributed by atoms with E-state index in [1.165, 1.54) is 22.3 Å². The van der Waals surface area contributed by atoms with Crippen molar-refractivity contribution in [3.8, 4) is 11.1 Å². The smallest absolute Gasteiger partial charge is 0.308 e. The zero-order valence-corrected chi connectivity index (χ0v) is 15.2. The van der Waals surface area contributed by atoms with Crippen LogP contribution < -0.4 is 0 Å². The quantitative estimate of drug-likeness (QED) is 0.649. The van der Waals surface area contributed by atoms with Gasteiger partial charge in [-0.25, -0.2) is 0 Å². The second kappa shape index (κ2) is 8.68. The summed E-state index contributed by atoms with van der Waals surface area (Å²) >= 11 is 0. The van der Waals surface area contributed by atoms with E-state index >= 15 is 0 Å². The Bertz CT molecular complexity index is 630. The van der Waals surface area contributed by atoms with Gasteiger partial charge in [-0.2, -0.15) is 0 Å². The van der Waals surface area contributed by atoms with Gasteiger partial charge in [0.15, 0.2) is 0 Å². The van der Waals surface area contributed by atoms with Crippen molar-refractivity contribution in [3.63, 3.8) is 0 Å². The Morgan fingerprint density at radius 1 is 1.00 bits per heavy atom. The van der Waals surface area contributed by atoms with Crippen LogP contribution in [0.5, 0.6) is 0 Å². The van der Waals surface area contributed by atoms with Crippen LogP contribution in [-0.2, 0) is 9.53 Å². The number of ether oxygens (including phenoxy) is 1. The molecule has 2 aromatic carbocycles. The molecule has 0 saturated carbocycles. The first-order valence-corrected chi connectivity index (χ1v) is 9.07. The van der Waals surface area contributed by atoms with Gasteiger partial charge >= 0.3 is 5.97 Å². The number of hydrogen-bond acceptors (Lipinski definition) is 2. The Balaban J connectivity index is 0.00000100. The lowest BCUT2D eigenvalue weighted by molar-refractivity contribution is -0.148. The summed E-state index contributed by atoms with van der Waals surface area (Å²) in [5.41, 5.74) is 5.06. The highest BCUT2D eigenvalue weighted by molar-refractivity contribution is 5.79. The highest BCUT2D eigenvalue weighted by Gasteiger charge is 2.29. The van der Waals surface area contributed by atoms with Gasteiger partial charge in [0.05, 0.1) is 5.92 Å². The van der Waals surface area contributed by atoms with Gasteiger partial charge in [0.25, 0.3) is 0 Å². The maximum Gasteiger partial charge on any atom is 0.308 e. The van der Waals surface area contributed by atoms with Crippen LogP contribution in [-0.4, -0.2) is 12.6 Å². The average Bonchev–Trinajstić information content (AvgIpc) is 2.95. The van der Waals surface area contributed by atoms with Crippen molar-refractivity contribution in [2.24, 2.45) is 5.92 Å². The van der Waals surface area contributed by atoms with Gasteiger partial charge in [-0.3, -0.25) is 4.79 Å². The van der Waals surface area contributed by atoms with E-state index in [9.17, 15) is 4.79 Å².